The number of ether oxygens (including phenoxy) is 2. The highest BCUT2D eigenvalue weighted by atomic mass is 35.5. The number of carboxylic acid groups (broad SMARTS) is 1. The van der Waals surface area contributed by atoms with E-state index in [0.29, 0.717) is 37.2 Å². The van der Waals surface area contributed by atoms with Crippen molar-refractivity contribution in [2.45, 2.75) is 57.0 Å². The number of aryl methyl sites for hydroxylation is 2. The maximum Gasteiger partial charge on any atom is 0.352 e. The molecule has 0 saturated heterocycles. The van der Waals surface area contributed by atoms with Gasteiger partial charge >= 0.3 is 5.97 Å². The molecule has 1 fully saturated rings. The number of hydrogen-bond donors (Lipinski definition) is 2. The molecule has 2 aliphatic heterocycles. The quantitative estimate of drug-likeness (QED) is 0.291. The van der Waals surface area contributed by atoms with Crippen LogP contribution in [-0.4, -0.2) is 70.3 Å². The molecule has 11 nitrogen and oxygen atoms in total. The SMILES string of the molecule is CO[C@H]1/C=C/C[C@H](C)C[S@@](=O)(NC(=O)c2cc(C(=O)O)n(C)c2)=NC(=O)c2ccc3c(c2)N(C[C@@H]2CC[C@H]21)C[C@@]1(CCCc2cc(Cl)ccc21)CO3. The number of fused-ring (bicyclic) bond motifs is 4. The largest absolute Gasteiger partial charge is 0.490 e. The van der Waals surface area contributed by atoms with Gasteiger partial charge in [0.1, 0.15) is 21.4 Å². The van der Waals surface area contributed by atoms with Crippen molar-refractivity contribution in [3.8, 4) is 5.75 Å². The summed E-state index contributed by atoms with van der Waals surface area (Å²) in [6.07, 6.45) is 10.9. The van der Waals surface area contributed by atoms with Gasteiger partial charge in [0.2, 0.25) is 0 Å². The molecule has 2 amide bonds. The summed E-state index contributed by atoms with van der Waals surface area (Å²) in [6.45, 7) is 3.79. The fourth-order valence-electron chi connectivity index (χ4n) is 8.47. The minimum atomic E-state index is -3.67. The third-order valence-electron chi connectivity index (χ3n) is 11.3. The van der Waals surface area contributed by atoms with Gasteiger partial charge in [0.15, 0.2) is 0 Å². The van der Waals surface area contributed by atoms with E-state index in [0.717, 1.165) is 49.4 Å². The van der Waals surface area contributed by atoms with Gasteiger partial charge in [-0.2, -0.15) is 0 Å². The molecule has 3 aromatic rings. The Morgan fingerprint density at radius 2 is 2.00 bits per heavy atom. The number of allylic oxidation sites excluding steroid dienone is 1. The third kappa shape index (κ3) is 7.12. The van der Waals surface area contributed by atoms with Crippen molar-refractivity contribution in [2.24, 2.45) is 29.2 Å². The van der Waals surface area contributed by atoms with Crippen molar-refractivity contribution in [3.05, 3.63) is 93.8 Å². The van der Waals surface area contributed by atoms with Crippen molar-refractivity contribution >= 4 is 45.0 Å². The molecule has 2 N–H and O–H groups in total. The Bertz CT molecular complexity index is 2070. The molecule has 1 aromatic heterocycles. The zero-order chi connectivity index (χ0) is 36.8. The topological polar surface area (TPSA) is 140 Å². The number of carbonyl (C=O) groups excluding carboxylic acids is 2. The van der Waals surface area contributed by atoms with Crippen LogP contribution in [0, 0.1) is 17.8 Å². The molecule has 276 valence electrons. The van der Waals surface area contributed by atoms with E-state index in [1.807, 2.05) is 19.1 Å². The lowest BCUT2D eigenvalue weighted by atomic mass is 9.68. The molecule has 0 unspecified atom stereocenters. The van der Waals surface area contributed by atoms with Gasteiger partial charge in [-0.15, -0.1) is 4.36 Å². The number of aromatic nitrogens is 1. The lowest BCUT2D eigenvalue weighted by molar-refractivity contribution is 0.0131. The number of methoxy groups -OCH3 is 1. The van der Waals surface area contributed by atoms with Gasteiger partial charge in [-0.05, 0) is 104 Å². The van der Waals surface area contributed by atoms with Gasteiger partial charge in [0.05, 0.1) is 29.7 Å². The van der Waals surface area contributed by atoms with E-state index in [1.54, 1.807) is 25.3 Å². The van der Waals surface area contributed by atoms with Crippen LogP contribution in [0.1, 0.15) is 81.4 Å². The first-order chi connectivity index (χ1) is 24.9. The van der Waals surface area contributed by atoms with Crippen LogP contribution in [0.5, 0.6) is 5.75 Å². The van der Waals surface area contributed by atoms with Crippen molar-refractivity contribution < 1.29 is 33.2 Å². The fraction of sp³-hybridized carbons (Fsp3) is 0.462. The number of carboxylic acids is 1. The standard InChI is InChI=1S/C39H45ClN4O7S/c1-24-6-4-8-34(50-3)30-12-9-27(30)20-44-22-39(15-5-7-25-16-29(40)11-13-31(25)39)23-51-35-14-10-26(17-32(35)44)36(45)41-52(49,21-24)42-37(46)28-18-33(38(47)48)43(2)19-28/h4,8,10-11,13-14,16-19,24,27,30,34H,5-7,9,12,15,20-23H2,1-3H3,(H,47,48)(H,41,42,45,46,49)/b8-4+/t24-,27-,30+,34-,39-,52-/m0/s1. The van der Waals surface area contributed by atoms with Crippen molar-refractivity contribution in [3.63, 3.8) is 0 Å². The predicted molar refractivity (Wildman–Crippen MR) is 200 cm³/mol. The van der Waals surface area contributed by atoms with Crippen molar-refractivity contribution in [1.29, 1.82) is 0 Å². The second-order valence-electron chi connectivity index (χ2n) is 14.9. The number of halogens is 1. The lowest BCUT2D eigenvalue weighted by Gasteiger charge is -2.46. The van der Waals surface area contributed by atoms with Gasteiger partial charge in [-0.3, -0.25) is 14.3 Å². The predicted octanol–water partition coefficient (Wildman–Crippen LogP) is 6.44. The molecule has 13 heteroatoms. The van der Waals surface area contributed by atoms with Crippen LogP contribution >= 0.6 is 11.6 Å². The number of benzene rings is 2. The summed E-state index contributed by atoms with van der Waals surface area (Å²) in [7, 11) is -0.427. The molecule has 7 rings (SSSR count). The Morgan fingerprint density at radius 3 is 2.73 bits per heavy atom. The van der Waals surface area contributed by atoms with Gasteiger partial charge in [-0.25, -0.2) is 9.00 Å². The first kappa shape index (κ1) is 36.2. The Morgan fingerprint density at radius 1 is 1.17 bits per heavy atom. The Balaban J connectivity index is 1.30. The number of anilines is 1. The van der Waals surface area contributed by atoms with Gasteiger partial charge in [0.25, 0.3) is 11.8 Å². The average molecular weight is 749 g/mol. The maximum absolute atomic E-state index is 14.5. The van der Waals surface area contributed by atoms with Crippen LogP contribution in [0.25, 0.3) is 0 Å². The van der Waals surface area contributed by atoms with Gasteiger partial charge < -0.3 is 24.0 Å². The van der Waals surface area contributed by atoms with Gasteiger partial charge in [0, 0.05) is 49.4 Å². The zero-order valence-corrected chi connectivity index (χ0v) is 31.3. The maximum atomic E-state index is 14.5. The number of nitrogens with one attached hydrogen (secondary N) is 1. The number of nitrogens with zero attached hydrogens (tertiary/aromatic N) is 3. The normalized spacial score (nSPS) is 29.4. The Kier molecular flexibility index (Phi) is 10.0. The summed E-state index contributed by atoms with van der Waals surface area (Å²) in [5.41, 5.74) is 3.09. The monoisotopic (exact) mass is 748 g/mol. The number of carbonyl (C=O) groups is 3. The molecule has 6 atom stereocenters. The van der Waals surface area contributed by atoms with Gasteiger partial charge in [-0.1, -0.05) is 36.7 Å². The van der Waals surface area contributed by atoms with Crippen LogP contribution in [0.4, 0.5) is 5.69 Å². The number of aromatic carboxylic acids is 1. The molecule has 4 aliphatic rings. The number of amides is 2. The summed E-state index contributed by atoms with van der Waals surface area (Å²) in [4.78, 5) is 41.4. The lowest BCUT2D eigenvalue weighted by Crippen LogP contribution is -2.49. The molecular weight excluding hydrogens is 704 g/mol. The molecule has 2 bridgehead atoms. The van der Waals surface area contributed by atoms with Crippen LogP contribution in [-0.2, 0) is 33.5 Å². The number of hydrogen-bond acceptors (Lipinski definition) is 7. The van der Waals surface area contributed by atoms with E-state index in [4.69, 9.17) is 21.1 Å². The third-order valence-corrected chi connectivity index (χ3v) is 13.5. The van der Waals surface area contributed by atoms with Crippen molar-refractivity contribution in [1.82, 2.24) is 9.29 Å². The highest BCUT2D eigenvalue weighted by Gasteiger charge is 2.44. The van der Waals surface area contributed by atoms with Crippen LogP contribution in [0.2, 0.25) is 5.02 Å². The van der Waals surface area contributed by atoms with E-state index in [1.165, 1.54) is 35.0 Å². The molecule has 1 spiro atoms. The second kappa shape index (κ2) is 14.4. The summed E-state index contributed by atoms with van der Waals surface area (Å²) >= 11 is 6.45. The molecule has 2 aliphatic carbocycles. The molecule has 0 radical (unpaired) electrons. The van der Waals surface area contributed by atoms with Crippen LogP contribution in [0.15, 0.2) is 65.2 Å². The van der Waals surface area contributed by atoms with Crippen molar-refractivity contribution in [2.75, 3.05) is 37.5 Å². The minimum absolute atomic E-state index is 0.00117. The fourth-order valence-corrected chi connectivity index (χ4v) is 10.6. The highest BCUT2D eigenvalue weighted by molar-refractivity contribution is 7.92. The van der Waals surface area contributed by atoms with E-state index in [-0.39, 0.29) is 40.0 Å². The summed E-state index contributed by atoms with van der Waals surface area (Å²) in [6, 6.07) is 12.6. The summed E-state index contributed by atoms with van der Waals surface area (Å²) in [5.74, 6) is -1.71. The van der Waals surface area contributed by atoms with E-state index in [9.17, 15) is 23.7 Å². The van der Waals surface area contributed by atoms with Crippen LogP contribution in [0.3, 0.4) is 0 Å². The Labute approximate surface area is 309 Å². The molecule has 3 heterocycles. The Hall–Kier alpha value is -4.13. The zero-order valence-electron chi connectivity index (χ0n) is 29.7. The minimum Gasteiger partial charge on any atom is -0.490 e. The van der Waals surface area contributed by atoms with E-state index >= 15 is 0 Å². The molecule has 1 saturated carbocycles. The second-order valence-corrected chi connectivity index (χ2v) is 17.4. The van der Waals surface area contributed by atoms with E-state index in [2.05, 4.69) is 32.2 Å². The molecular formula is C39H45ClN4O7S. The molecule has 52 heavy (non-hydrogen) atoms. The smallest absolute Gasteiger partial charge is 0.352 e. The highest BCUT2D eigenvalue weighted by Crippen LogP contribution is 2.47. The molecule has 2 aromatic carbocycles. The first-order valence-electron chi connectivity index (χ1n) is 17.9. The van der Waals surface area contributed by atoms with E-state index < -0.39 is 27.7 Å². The first-order valence-corrected chi connectivity index (χ1v) is 19.9. The summed E-state index contributed by atoms with van der Waals surface area (Å²) in [5, 5.41) is 10.2. The van der Waals surface area contributed by atoms with Crippen LogP contribution < -0.4 is 14.4 Å². The number of rotatable bonds is 4. The summed E-state index contributed by atoms with van der Waals surface area (Å²) < 4.78 is 35.2. The average Bonchev–Trinajstić information content (AvgIpc) is 3.42.